The third-order valence-electron chi connectivity index (χ3n) is 2.24. The van der Waals surface area contributed by atoms with Crippen molar-refractivity contribution in [1.82, 2.24) is 9.97 Å². The van der Waals surface area contributed by atoms with Gasteiger partial charge >= 0.3 is 0 Å². The second kappa shape index (κ2) is 5.48. The van der Waals surface area contributed by atoms with E-state index in [-0.39, 0.29) is 5.95 Å². The Morgan fingerprint density at radius 2 is 1.50 bits per heavy atom. The predicted molar refractivity (Wildman–Crippen MR) is 60.5 cm³/mol. The number of aromatic nitrogens is 2. The van der Waals surface area contributed by atoms with Crippen LogP contribution in [0, 0.1) is 17.5 Å². The average molecular weight is 253 g/mol. The Labute approximate surface area is 102 Å². The van der Waals surface area contributed by atoms with Crippen molar-refractivity contribution in [3.63, 3.8) is 0 Å². The fourth-order valence-electron chi connectivity index (χ4n) is 1.48. The molecule has 0 aliphatic carbocycles. The Bertz CT molecular complexity index is 508. The van der Waals surface area contributed by atoms with Crippen LogP contribution in [0.5, 0.6) is 0 Å². The van der Waals surface area contributed by atoms with Gasteiger partial charge in [-0.25, -0.2) is 23.1 Å². The first kappa shape index (κ1) is 12.3. The van der Waals surface area contributed by atoms with Crippen molar-refractivity contribution in [2.24, 2.45) is 0 Å². The van der Waals surface area contributed by atoms with Gasteiger partial charge in [-0.2, -0.15) is 0 Å². The molecule has 0 unspecified atom stereocenters. The highest BCUT2D eigenvalue weighted by molar-refractivity contribution is 5.24. The van der Waals surface area contributed by atoms with Gasteiger partial charge in [-0.15, -0.1) is 0 Å². The molecule has 0 radical (unpaired) electrons. The Morgan fingerprint density at radius 1 is 0.889 bits per heavy atom. The van der Waals surface area contributed by atoms with Gasteiger partial charge in [-0.1, -0.05) is 0 Å². The zero-order chi connectivity index (χ0) is 13.0. The summed E-state index contributed by atoms with van der Waals surface area (Å²) in [6.07, 6.45) is 2.49. The third kappa shape index (κ3) is 3.44. The van der Waals surface area contributed by atoms with E-state index in [2.05, 4.69) is 15.3 Å². The molecule has 0 fully saturated rings. The minimum absolute atomic E-state index is 0.272. The molecule has 2 aromatic rings. The van der Waals surface area contributed by atoms with Gasteiger partial charge in [0.2, 0.25) is 5.95 Å². The van der Waals surface area contributed by atoms with Crippen molar-refractivity contribution in [3.05, 3.63) is 53.6 Å². The van der Waals surface area contributed by atoms with Crippen molar-refractivity contribution >= 4 is 5.95 Å². The normalized spacial score (nSPS) is 10.4. The molecule has 1 aromatic heterocycles. The summed E-state index contributed by atoms with van der Waals surface area (Å²) in [5.41, 5.74) is 0.530. The van der Waals surface area contributed by atoms with Gasteiger partial charge in [0.15, 0.2) is 5.82 Å². The van der Waals surface area contributed by atoms with Crippen LogP contribution in [-0.4, -0.2) is 16.5 Å². The number of rotatable bonds is 4. The number of nitrogens with zero attached hydrogens (tertiary/aromatic N) is 2. The molecule has 0 saturated heterocycles. The van der Waals surface area contributed by atoms with E-state index >= 15 is 0 Å². The Morgan fingerprint density at radius 3 is 2.11 bits per heavy atom. The van der Waals surface area contributed by atoms with Gasteiger partial charge in [0.05, 0.1) is 12.4 Å². The Kier molecular flexibility index (Phi) is 3.76. The molecule has 0 spiro atoms. The van der Waals surface area contributed by atoms with Gasteiger partial charge in [0, 0.05) is 12.6 Å². The van der Waals surface area contributed by atoms with E-state index in [0.717, 1.165) is 18.5 Å². The van der Waals surface area contributed by atoms with Gasteiger partial charge in [-0.3, -0.25) is 0 Å². The highest BCUT2D eigenvalue weighted by atomic mass is 19.1. The molecular weight excluding hydrogens is 243 g/mol. The molecule has 0 atom stereocenters. The Hall–Kier alpha value is -2.11. The highest BCUT2D eigenvalue weighted by Crippen LogP contribution is 2.08. The van der Waals surface area contributed by atoms with Crippen molar-refractivity contribution in [2.75, 3.05) is 11.9 Å². The first-order chi connectivity index (χ1) is 8.63. The minimum Gasteiger partial charge on any atom is -0.354 e. The lowest BCUT2D eigenvalue weighted by molar-refractivity contribution is 0.579. The largest absolute Gasteiger partial charge is 0.354 e. The van der Waals surface area contributed by atoms with E-state index in [9.17, 15) is 13.2 Å². The van der Waals surface area contributed by atoms with E-state index in [4.69, 9.17) is 0 Å². The molecule has 0 bridgehead atoms. The molecule has 18 heavy (non-hydrogen) atoms. The molecule has 0 amide bonds. The second-order valence-electron chi connectivity index (χ2n) is 3.68. The third-order valence-corrected chi connectivity index (χ3v) is 2.24. The van der Waals surface area contributed by atoms with E-state index in [1.54, 1.807) is 0 Å². The molecule has 94 valence electrons. The maximum Gasteiger partial charge on any atom is 0.222 e. The van der Waals surface area contributed by atoms with Crippen molar-refractivity contribution in [2.45, 2.75) is 6.42 Å². The zero-order valence-electron chi connectivity index (χ0n) is 9.33. The van der Waals surface area contributed by atoms with Crippen LogP contribution in [-0.2, 0) is 6.42 Å². The van der Waals surface area contributed by atoms with Crippen molar-refractivity contribution < 1.29 is 13.2 Å². The van der Waals surface area contributed by atoms with Crippen LogP contribution in [0.15, 0.2) is 30.6 Å². The number of hydrogen-bond donors (Lipinski definition) is 1. The number of hydrogen-bond acceptors (Lipinski definition) is 3. The molecule has 2 rings (SSSR count). The fourth-order valence-corrected chi connectivity index (χ4v) is 1.48. The van der Waals surface area contributed by atoms with Crippen LogP contribution < -0.4 is 5.32 Å². The summed E-state index contributed by atoms with van der Waals surface area (Å²) in [4.78, 5) is 7.40. The molecular formula is C12H10F3N3. The lowest BCUT2D eigenvalue weighted by Crippen LogP contribution is -2.08. The number of benzene rings is 1. The van der Waals surface area contributed by atoms with E-state index in [1.165, 1.54) is 12.1 Å². The first-order valence-corrected chi connectivity index (χ1v) is 5.30. The number of nitrogens with one attached hydrogen (secondary N) is 1. The first-order valence-electron chi connectivity index (χ1n) is 5.30. The smallest absolute Gasteiger partial charge is 0.222 e. The molecule has 1 heterocycles. The lowest BCUT2D eigenvalue weighted by atomic mass is 10.1. The van der Waals surface area contributed by atoms with Crippen LogP contribution in [0.4, 0.5) is 19.1 Å². The quantitative estimate of drug-likeness (QED) is 0.909. The van der Waals surface area contributed by atoms with Crippen LogP contribution in [0.1, 0.15) is 5.56 Å². The zero-order valence-corrected chi connectivity index (χ0v) is 9.33. The summed E-state index contributed by atoms with van der Waals surface area (Å²) in [7, 11) is 0. The standard InChI is InChI=1S/C12H10F3N3/c13-9-3-8(4-10(14)5-9)1-2-16-12-17-6-11(15)7-18-12/h3-7H,1-2H2,(H,16,17,18). The summed E-state index contributed by atoms with van der Waals surface area (Å²) < 4.78 is 38.3. The van der Waals surface area contributed by atoms with E-state index in [0.29, 0.717) is 18.5 Å². The van der Waals surface area contributed by atoms with Gasteiger partial charge in [-0.05, 0) is 24.1 Å². The summed E-state index contributed by atoms with van der Waals surface area (Å²) in [6, 6.07) is 3.34. The maximum atomic E-state index is 12.9. The van der Waals surface area contributed by atoms with Crippen molar-refractivity contribution in [1.29, 1.82) is 0 Å². The molecule has 0 aliphatic rings. The molecule has 6 heteroatoms. The average Bonchev–Trinajstić information content (AvgIpc) is 2.30. The van der Waals surface area contributed by atoms with Crippen LogP contribution in [0.25, 0.3) is 0 Å². The lowest BCUT2D eigenvalue weighted by Gasteiger charge is -2.04. The predicted octanol–water partition coefficient (Wildman–Crippen LogP) is 2.55. The molecule has 1 aromatic carbocycles. The number of halogens is 3. The molecule has 0 saturated carbocycles. The summed E-state index contributed by atoms with van der Waals surface area (Å²) in [6.45, 7) is 0.397. The monoisotopic (exact) mass is 253 g/mol. The van der Waals surface area contributed by atoms with Crippen LogP contribution in [0.3, 0.4) is 0 Å². The highest BCUT2D eigenvalue weighted by Gasteiger charge is 2.01. The second-order valence-corrected chi connectivity index (χ2v) is 3.68. The SMILES string of the molecule is Fc1cnc(NCCc2cc(F)cc(F)c2)nc1. The van der Waals surface area contributed by atoms with Crippen molar-refractivity contribution in [3.8, 4) is 0 Å². The summed E-state index contributed by atoms with van der Waals surface area (Å²) in [5, 5.41) is 2.83. The maximum absolute atomic E-state index is 12.9. The van der Waals surface area contributed by atoms with Crippen LogP contribution in [0.2, 0.25) is 0 Å². The summed E-state index contributed by atoms with van der Waals surface area (Å²) >= 11 is 0. The van der Waals surface area contributed by atoms with Gasteiger partial charge < -0.3 is 5.32 Å². The van der Waals surface area contributed by atoms with E-state index < -0.39 is 17.5 Å². The van der Waals surface area contributed by atoms with Crippen LogP contribution >= 0.6 is 0 Å². The fraction of sp³-hybridized carbons (Fsp3) is 0.167. The Balaban J connectivity index is 1.90. The van der Waals surface area contributed by atoms with Gasteiger partial charge in [0.1, 0.15) is 11.6 Å². The minimum atomic E-state index is -0.608. The van der Waals surface area contributed by atoms with Gasteiger partial charge in [0.25, 0.3) is 0 Å². The molecule has 3 nitrogen and oxygen atoms in total. The number of anilines is 1. The topological polar surface area (TPSA) is 37.8 Å². The summed E-state index contributed by atoms with van der Waals surface area (Å²) in [5.74, 6) is -1.47. The molecule has 1 N–H and O–H groups in total. The van der Waals surface area contributed by atoms with E-state index in [1.807, 2.05) is 0 Å². The molecule has 0 aliphatic heterocycles.